The lowest BCUT2D eigenvalue weighted by molar-refractivity contribution is -0.123. The molecule has 3 rings (SSSR count). The van der Waals surface area contributed by atoms with Crippen LogP contribution >= 0.6 is 0 Å². The summed E-state index contributed by atoms with van der Waals surface area (Å²) in [5.41, 5.74) is 6.83. The predicted octanol–water partition coefficient (Wildman–Crippen LogP) is 2.95. The van der Waals surface area contributed by atoms with Crippen LogP contribution in [0.5, 0.6) is 5.75 Å². The van der Waals surface area contributed by atoms with E-state index in [1.54, 1.807) is 30.5 Å². The average Bonchev–Trinajstić information content (AvgIpc) is 3.00. The van der Waals surface area contributed by atoms with Crippen molar-refractivity contribution in [1.82, 2.24) is 15.2 Å². The Morgan fingerprint density at radius 2 is 1.93 bits per heavy atom. The molecule has 1 aromatic heterocycles. The van der Waals surface area contributed by atoms with Gasteiger partial charge in [-0.25, -0.2) is 5.43 Å². The molecule has 0 bridgehead atoms. The maximum Gasteiger partial charge on any atom is 0.277 e. The second-order valence-electron chi connectivity index (χ2n) is 6.45. The van der Waals surface area contributed by atoms with Crippen molar-refractivity contribution in [2.75, 3.05) is 6.61 Å². The molecule has 0 fully saturated rings. The Hall–Kier alpha value is -3.92. The molecule has 29 heavy (non-hydrogen) atoms. The fourth-order valence-corrected chi connectivity index (χ4v) is 2.78. The van der Waals surface area contributed by atoms with Crippen LogP contribution < -0.4 is 10.2 Å². The summed E-state index contributed by atoms with van der Waals surface area (Å²) in [7, 11) is 0. The van der Waals surface area contributed by atoms with Gasteiger partial charge in [-0.2, -0.15) is 15.5 Å². The van der Waals surface area contributed by atoms with Gasteiger partial charge in [0.15, 0.2) is 6.61 Å². The lowest BCUT2D eigenvalue weighted by Gasteiger charge is -2.05. The Balaban J connectivity index is 1.55. The molecule has 0 aliphatic carbocycles. The molecule has 1 N–H and O–H groups in total. The van der Waals surface area contributed by atoms with E-state index in [-0.39, 0.29) is 12.5 Å². The number of nitriles is 1. The minimum Gasteiger partial charge on any atom is -0.484 e. The number of carbonyl (C=O) groups excluding carboxylic acids is 1. The molecule has 0 spiro atoms. The van der Waals surface area contributed by atoms with Crippen LogP contribution in [0.3, 0.4) is 0 Å². The fourth-order valence-electron chi connectivity index (χ4n) is 2.78. The first-order valence-electron chi connectivity index (χ1n) is 9.09. The maximum absolute atomic E-state index is 11.9. The van der Waals surface area contributed by atoms with Crippen LogP contribution in [-0.4, -0.2) is 28.5 Å². The Labute approximate surface area is 169 Å². The van der Waals surface area contributed by atoms with E-state index in [0.29, 0.717) is 17.9 Å². The molecule has 1 heterocycles. The van der Waals surface area contributed by atoms with Crippen molar-refractivity contribution in [2.45, 2.75) is 20.4 Å². The van der Waals surface area contributed by atoms with Gasteiger partial charge in [-0.15, -0.1) is 0 Å². The number of nitrogens with zero attached hydrogens (tertiary/aromatic N) is 4. The molecule has 0 aliphatic rings. The SMILES string of the molecule is Cc1nn(Cc2ccccc2)c(C)c1/C=N\NC(=O)COc1ccc(C#N)cc1. The first-order chi connectivity index (χ1) is 14.1. The highest BCUT2D eigenvalue weighted by Gasteiger charge is 2.10. The summed E-state index contributed by atoms with van der Waals surface area (Å²) in [5.74, 6) is 0.134. The van der Waals surface area contributed by atoms with Crippen LogP contribution in [0.2, 0.25) is 0 Å². The van der Waals surface area contributed by atoms with Gasteiger partial charge in [0.1, 0.15) is 5.75 Å². The van der Waals surface area contributed by atoms with Crippen LogP contribution in [-0.2, 0) is 11.3 Å². The number of aromatic nitrogens is 2. The fraction of sp³-hybridized carbons (Fsp3) is 0.182. The minimum absolute atomic E-state index is 0.172. The molecule has 7 nitrogen and oxygen atoms in total. The Morgan fingerprint density at radius 1 is 1.21 bits per heavy atom. The number of aryl methyl sites for hydroxylation is 1. The molecular weight excluding hydrogens is 366 g/mol. The zero-order valence-corrected chi connectivity index (χ0v) is 16.3. The number of hydrogen-bond donors (Lipinski definition) is 1. The second kappa shape index (κ2) is 9.33. The van der Waals surface area contributed by atoms with E-state index in [1.165, 1.54) is 0 Å². The second-order valence-corrected chi connectivity index (χ2v) is 6.45. The van der Waals surface area contributed by atoms with E-state index in [9.17, 15) is 4.79 Å². The Kier molecular flexibility index (Phi) is 6.38. The zero-order chi connectivity index (χ0) is 20.6. The maximum atomic E-state index is 11.9. The van der Waals surface area contributed by atoms with E-state index >= 15 is 0 Å². The van der Waals surface area contributed by atoms with E-state index in [2.05, 4.69) is 27.8 Å². The third-order valence-corrected chi connectivity index (χ3v) is 4.35. The third-order valence-electron chi connectivity index (χ3n) is 4.35. The lowest BCUT2D eigenvalue weighted by atomic mass is 10.2. The monoisotopic (exact) mass is 387 g/mol. The summed E-state index contributed by atoms with van der Waals surface area (Å²) >= 11 is 0. The molecule has 146 valence electrons. The Morgan fingerprint density at radius 3 is 2.62 bits per heavy atom. The molecule has 2 aromatic carbocycles. The highest BCUT2D eigenvalue weighted by molar-refractivity contribution is 5.84. The molecule has 0 unspecified atom stereocenters. The molecule has 0 saturated heterocycles. The van der Waals surface area contributed by atoms with Crippen molar-refractivity contribution in [3.8, 4) is 11.8 Å². The number of nitrogens with one attached hydrogen (secondary N) is 1. The average molecular weight is 387 g/mol. The summed E-state index contributed by atoms with van der Waals surface area (Å²) in [6.45, 7) is 4.38. The van der Waals surface area contributed by atoms with Crippen molar-refractivity contribution in [1.29, 1.82) is 5.26 Å². The van der Waals surface area contributed by atoms with Crippen molar-refractivity contribution < 1.29 is 9.53 Å². The smallest absolute Gasteiger partial charge is 0.277 e. The van der Waals surface area contributed by atoms with Gasteiger partial charge in [-0.1, -0.05) is 30.3 Å². The van der Waals surface area contributed by atoms with Crippen molar-refractivity contribution >= 4 is 12.1 Å². The number of hydrazone groups is 1. The largest absolute Gasteiger partial charge is 0.484 e. The van der Waals surface area contributed by atoms with Crippen LogP contribution in [0.25, 0.3) is 0 Å². The van der Waals surface area contributed by atoms with Gasteiger partial charge >= 0.3 is 0 Å². The number of ether oxygens (including phenoxy) is 1. The van der Waals surface area contributed by atoms with Gasteiger partial charge in [0.2, 0.25) is 0 Å². The summed E-state index contributed by atoms with van der Waals surface area (Å²) < 4.78 is 7.29. The third kappa shape index (κ3) is 5.30. The van der Waals surface area contributed by atoms with Crippen LogP contribution in [0, 0.1) is 25.2 Å². The van der Waals surface area contributed by atoms with Crippen LogP contribution in [0.15, 0.2) is 59.7 Å². The summed E-state index contributed by atoms with van der Waals surface area (Å²) in [6.07, 6.45) is 1.60. The minimum atomic E-state index is -0.377. The van der Waals surface area contributed by atoms with E-state index < -0.39 is 0 Å². The highest BCUT2D eigenvalue weighted by atomic mass is 16.5. The van der Waals surface area contributed by atoms with E-state index in [1.807, 2.05) is 42.8 Å². The lowest BCUT2D eigenvalue weighted by Crippen LogP contribution is -2.24. The van der Waals surface area contributed by atoms with Crippen LogP contribution in [0.4, 0.5) is 0 Å². The van der Waals surface area contributed by atoms with Crippen molar-refractivity contribution in [3.05, 3.63) is 82.7 Å². The first-order valence-corrected chi connectivity index (χ1v) is 9.09. The van der Waals surface area contributed by atoms with Gasteiger partial charge < -0.3 is 4.74 Å². The zero-order valence-electron chi connectivity index (χ0n) is 16.3. The normalized spacial score (nSPS) is 10.7. The molecule has 0 saturated carbocycles. The number of rotatable bonds is 7. The van der Waals surface area contributed by atoms with Crippen molar-refractivity contribution in [3.63, 3.8) is 0 Å². The van der Waals surface area contributed by atoms with Gasteiger partial charge in [0.25, 0.3) is 5.91 Å². The van der Waals surface area contributed by atoms with Gasteiger partial charge in [-0.05, 0) is 43.7 Å². The van der Waals surface area contributed by atoms with Crippen LogP contribution in [0.1, 0.15) is 28.1 Å². The predicted molar refractivity (Wildman–Crippen MR) is 110 cm³/mol. The topological polar surface area (TPSA) is 92.3 Å². The molecule has 3 aromatic rings. The van der Waals surface area contributed by atoms with E-state index in [4.69, 9.17) is 10.00 Å². The number of carbonyl (C=O) groups is 1. The summed E-state index contributed by atoms with van der Waals surface area (Å²) in [4.78, 5) is 11.9. The van der Waals surface area contributed by atoms with Gasteiger partial charge in [-0.3, -0.25) is 9.48 Å². The molecular formula is C22H21N5O2. The van der Waals surface area contributed by atoms with Gasteiger partial charge in [0.05, 0.1) is 30.1 Å². The molecule has 0 radical (unpaired) electrons. The van der Waals surface area contributed by atoms with E-state index in [0.717, 1.165) is 22.5 Å². The van der Waals surface area contributed by atoms with Crippen molar-refractivity contribution in [2.24, 2.45) is 5.10 Å². The quantitative estimate of drug-likeness (QED) is 0.498. The number of hydrogen-bond acceptors (Lipinski definition) is 5. The summed E-state index contributed by atoms with van der Waals surface area (Å²) in [5, 5.41) is 17.4. The standard InChI is InChI=1S/C22H21N5O2/c1-16-21(17(2)27(26-16)14-19-6-4-3-5-7-19)13-24-25-22(28)15-29-20-10-8-18(12-23)9-11-20/h3-11,13H,14-15H2,1-2H3,(H,25,28)/b24-13-. The Bertz CT molecular complexity index is 1050. The number of benzene rings is 2. The molecule has 0 atom stereocenters. The molecule has 0 aliphatic heterocycles. The van der Waals surface area contributed by atoms with Gasteiger partial charge in [0, 0.05) is 11.3 Å². The molecule has 1 amide bonds. The highest BCUT2D eigenvalue weighted by Crippen LogP contribution is 2.13. The first kappa shape index (κ1) is 19.8. The number of amides is 1. The summed E-state index contributed by atoms with van der Waals surface area (Å²) in [6, 6.07) is 18.7. The molecule has 7 heteroatoms.